The fraction of sp³-hybridized carbons (Fsp3) is 0.438. The second kappa shape index (κ2) is 16.6. The van der Waals surface area contributed by atoms with E-state index in [9.17, 15) is 32.7 Å². The highest BCUT2D eigenvalue weighted by Gasteiger charge is 2.36. The summed E-state index contributed by atoms with van der Waals surface area (Å²) in [6, 6.07) is 7.59. The van der Waals surface area contributed by atoms with E-state index < -0.39 is 29.7 Å². The van der Waals surface area contributed by atoms with Crippen LogP contribution in [0.25, 0.3) is 6.08 Å². The third-order valence-corrected chi connectivity index (χ3v) is 7.14. The standard InChI is InChI=1S/C32H39F3N4O7/c1-3-44-29(42)12-11-28(41)39(15-5-6-21-18-22(31(36)37)7-9-26(21)40)23-8-10-27(25(19-23)32(33,34)35)46-24-13-16-38(17-14-24)20-30(43)45-4-2/h5-10,18-19,24,40H,3-4,11-17,20H2,1-2H3,(H3,36,37). The molecular formula is C32H39F3N4O7. The lowest BCUT2D eigenvalue weighted by molar-refractivity contribution is -0.145. The summed E-state index contributed by atoms with van der Waals surface area (Å²) in [6.07, 6.45) is -2.21. The van der Waals surface area contributed by atoms with Gasteiger partial charge in [-0.1, -0.05) is 12.2 Å². The molecule has 2 aromatic rings. The lowest BCUT2D eigenvalue weighted by Crippen LogP contribution is -2.41. The molecule has 2 aromatic carbocycles. The van der Waals surface area contributed by atoms with E-state index in [1.807, 2.05) is 4.90 Å². The molecule has 0 atom stereocenters. The van der Waals surface area contributed by atoms with Crippen molar-refractivity contribution >= 4 is 35.4 Å². The van der Waals surface area contributed by atoms with E-state index in [0.717, 1.165) is 11.0 Å². The molecule has 11 nitrogen and oxygen atoms in total. The Morgan fingerprint density at radius 3 is 2.35 bits per heavy atom. The van der Waals surface area contributed by atoms with Gasteiger partial charge < -0.3 is 30.0 Å². The minimum absolute atomic E-state index is 0.0795. The molecule has 250 valence electrons. The number of nitrogens with two attached hydrogens (primary N) is 1. The Hall–Kier alpha value is -4.59. The zero-order valence-electron chi connectivity index (χ0n) is 25.8. The van der Waals surface area contributed by atoms with Gasteiger partial charge in [0.05, 0.1) is 31.7 Å². The van der Waals surface area contributed by atoms with Gasteiger partial charge in [0.1, 0.15) is 23.4 Å². The van der Waals surface area contributed by atoms with Crippen molar-refractivity contribution in [3.63, 3.8) is 0 Å². The molecule has 1 aliphatic rings. The number of nitrogens with one attached hydrogen (secondary N) is 1. The first-order chi connectivity index (χ1) is 21.8. The fourth-order valence-corrected chi connectivity index (χ4v) is 4.83. The second-order valence-electron chi connectivity index (χ2n) is 10.5. The Bertz CT molecular complexity index is 1420. The van der Waals surface area contributed by atoms with Crippen LogP contribution < -0.4 is 15.4 Å². The molecule has 0 saturated carbocycles. The number of nitrogens with zero attached hydrogens (tertiary/aromatic N) is 2. The summed E-state index contributed by atoms with van der Waals surface area (Å²) in [6.45, 7) is 4.48. The number of esters is 2. The number of rotatable bonds is 14. The molecule has 14 heteroatoms. The largest absolute Gasteiger partial charge is 0.507 e. The Kier molecular flexibility index (Phi) is 13.0. The Labute approximate surface area is 265 Å². The first kappa shape index (κ1) is 35.9. The molecule has 46 heavy (non-hydrogen) atoms. The molecular weight excluding hydrogens is 609 g/mol. The molecule has 1 saturated heterocycles. The molecule has 0 spiro atoms. The molecule has 0 bridgehead atoms. The first-order valence-electron chi connectivity index (χ1n) is 14.9. The van der Waals surface area contributed by atoms with Crippen molar-refractivity contribution in [3.05, 3.63) is 59.2 Å². The van der Waals surface area contributed by atoms with Crippen LogP contribution in [0.2, 0.25) is 0 Å². The number of hydrogen-bond acceptors (Lipinski definition) is 9. The van der Waals surface area contributed by atoms with E-state index in [0.29, 0.717) is 31.5 Å². The van der Waals surface area contributed by atoms with Crippen molar-refractivity contribution in [2.45, 2.75) is 51.8 Å². The molecule has 0 radical (unpaired) electrons. The van der Waals surface area contributed by atoms with Crippen LogP contribution in [0.1, 0.15) is 56.2 Å². The number of halogens is 3. The highest BCUT2D eigenvalue weighted by molar-refractivity contribution is 5.96. The molecule has 1 heterocycles. The topological polar surface area (TPSA) is 155 Å². The highest BCUT2D eigenvalue weighted by atomic mass is 19.4. The third-order valence-electron chi connectivity index (χ3n) is 7.14. The number of carbonyl (C=O) groups is 3. The minimum atomic E-state index is -4.82. The number of hydrogen-bond donors (Lipinski definition) is 3. The number of amides is 1. The lowest BCUT2D eigenvalue weighted by Gasteiger charge is -2.32. The summed E-state index contributed by atoms with van der Waals surface area (Å²) in [5.74, 6) is -2.36. The van der Waals surface area contributed by atoms with Gasteiger partial charge in [-0.2, -0.15) is 13.2 Å². The van der Waals surface area contributed by atoms with Gasteiger partial charge in [-0.25, -0.2) is 0 Å². The fourth-order valence-electron chi connectivity index (χ4n) is 4.83. The number of anilines is 1. The van der Waals surface area contributed by atoms with Crippen molar-refractivity contribution < 1.29 is 46.9 Å². The number of carbonyl (C=O) groups excluding carboxylic acids is 3. The molecule has 0 unspecified atom stereocenters. The van der Waals surface area contributed by atoms with Crippen LogP contribution in [-0.2, 0) is 30.0 Å². The number of aromatic hydroxyl groups is 1. The van der Waals surface area contributed by atoms with Gasteiger partial charge in [-0.05, 0) is 63.1 Å². The number of nitrogen functional groups attached to an aromatic ring is 1. The number of amidine groups is 1. The van der Waals surface area contributed by atoms with Crippen LogP contribution in [0.5, 0.6) is 11.5 Å². The van der Waals surface area contributed by atoms with Gasteiger partial charge in [0.2, 0.25) is 5.91 Å². The quantitative estimate of drug-likeness (QED) is 0.153. The maximum atomic E-state index is 14.3. The van der Waals surface area contributed by atoms with E-state index in [1.165, 1.54) is 42.5 Å². The average molecular weight is 649 g/mol. The van der Waals surface area contributed by atoms with Crippen molar-refractivity contribution in [2.75, 3.05) is 44.3 Å². The average Bonchev–Trinajstić information content (AvgIpc) is 3.00. The number of phenolic OH excluding ortho intramolecular Hbond substituents is 1. The van der Waals surface area contributed by atoms with Crippen LogP contribution >= 0.6 is 0 Å². The maximum Gasteiger partial charge on any atom is 0.420 e. The molecule has 1 aliphatic heterocycles. The smallest absolute Gasteiger partial charge is 0.420 e. The van der Waals surface area contributed by atoms with Crippen LogP contribution in [0.15, 0.2) is 42.5 Å². The number of piperidine rings is 1. The lowest BCUT2D eigenvalue weighted by atomic mass is 10.1. The van der Waals surface area contributed by atoms with E-state index >= 15 is 0 Å². The van der Waals surface area contributed by atoms with Crippen molar-refractivity contribution in [2.24, 2.45) is 5.73 Å². The molecule has 4 N–H and O–H groups in total. The van der Waals surface area contributed by atoms with E-state index in [1.54, 1.807) is 13.8 Å². The monoisotopic (exact) mass is 648 g/mol. The first-order valence-corrected chi connectivity index (χ1v) is 14.9. The number of benzene rings is 2. The maximum absolute atomic E-state index is 14.3. The second-order valence-corrected chi connectivity index (χ2v) is 10.5. The van der Waals surface area contributed by atoms with Gasteiger partial charge in [-0.3, -0.25) is 24.7 Å². The molecule has 3 rings (SSSR count). The van der Waals surface area contributed by atoms with E-state index in [-0.39, 0.29) is 73.7 Å². The van der Waals surface area contributed by atoms with Crippen LogP contribution in [-0.4, -0.2) is 79.2 Å². The van der Waals surface area contributed by atoms with Crippen LogP contribution in [0.4, 0.5) is 18.9 Å². The van der Waals surface area contributed by atoms with Gasteiger partial charge in [0.25, 0.3) is 0 Å². The molecule has 1 fully saturated rings. The summed E-state index contributed by atoms with van der Waals surface area (Å²) in [7, 11) is 0. The van der Waals surface area contributed by atoms with E-state index in [2.05, 4.69) is 0 Å². The van der Waals surface area contributed by atoms with Gasteiger partial charge in [-0.15, -0.1) is 0 Å². The molecule has 0 aliphatic carbocycles. The minimum Gasteiger partial charge on any atom is -0.507 e. The van der Waals surface area contributed by atoms with Crippen molar-refractivity contribution in [1.29, 1.82) is 5.41 Å². The van der Waals surface area contributed by atoms with Gasteiger partial charge >= 0.3 is 18.1 Å². The summed E-state index contributed by atoms with van der Waals surface area (Å²) in [4.78, 5) is 39.9. The third kappa shape index (κ3) is 10.5. The number of likely N-dealkylation sites (tertiary alicyclic amines) is 1. The Morgan fingerprint density at radius 1 is 1.04 bits per heavy atom. The summed E-state index contributed by atoms with van der Waals surface area (Å²) >= 11 is 0. The number of alkyl halides is 3. The SMILES string of the molecule is CCOC(=O)CCC(=O)N(CC=Cc1cc(C(=N)N)ccc1O)c1ccc(OC2CCN(CC(=O)OCC)CC2)c(C(F)(F)F)c1. The molecule has 1 amide bonds. The number of phenols is 1. The normalized spacial score (nSPS) is 14.2. The van der Waals surface area contributed by atoms with E-state index in [4.69, 9.17) is 25.4 Å². The Balaban J connectivity index is 1.85. The summed E-state index contributed by atoms with van der Waals surface area (Å²) < 4.78 is 58.6. The van der Waals surface area contributed by atoms with Crippen LogP contribution in [0.3, 0.4) is 0 Å². The predicted molar refractivity (Wildman–Crippen MR) is 165 cm³/mol. The summed E-state index contributed by atoms with van der Waals surface area (Å²) in [5.41, 5.74) is 4.99. The predicted octanol–water partition coefficient (Wildman–Crippen LogP) is 4.49. The van der Waals surface area contributed by atoms with Crippen molar-refractivity contribution in [1.82, 2.24) is 4.90 Å². The molecule has 0 aromatic heterocycles. The van der Waals surface area contributed by atoms with Gasteiger partial charge in [0, 0.05) is 42.9 Å². The number of ether oxygens (including phenoxy) is 3. The van der Waals surface area contributed by atoms with Crippen molar-refractivity contribution in [3.8, 4) is 11.5 Å². The zero-order valence-corrected chi connectivity index (χ0v) is 25.8. The zero-order chi connectivity index (χ0) is 33.9. The highest BCUT2D eigenvalue weighted by Crippen LogP contribution is 2.40. The van der Waals surface area contributed by atoms with Crippen LogP contribution in [0, 0.1) is 5.41 Å². The summed E-state index contributed by atoms with van der Waals surface area (Å²) in [5, 5.41) is 17.8. The van der Waals surface area contributed by atoms with Gasteiger partial charge in [0.15, 0.2) is 0 Å². The Morgan fingerprint density at radius 2 is 1.72 bits per heavy atom.